The van der Waals surface area contributed by atoms with Crippen LogP contribution in [0, 0.1) is 3.57 Å². The molecule has 1 amide bonds. The van der Waals surface area contributed by atoms with E-state index in [1.54, 1.807) is 19.1 Å². The van der Waals surface area contributed by atoms with Crippen molar-refractivity contribution in [3.8, 4) is 5.75 Å². The summed E-state index contributed by atoms with van der Waals surface area (Å²) in [4.78, 5) is 25.6. The molecule has 0 radical (unpaired) electrons. The first-order chi connectivity index (χ1) is 9.42. The van der Waals surface area contributed by atoms with E-state index in [0.717, 1.165) is 3.57 Å². The summed E-state index contributed by atoms with van der Waals surface area (Å²) in [6.07, 6.45) is 1.48. The molecule has 1 saturated heterocycles. The molecule has 1 aromatic rings. The second kappa shape index (κ2) is 5.59. The highest BCUT2D eigenvalue weighted by Crippen LogP contribution is 2.35. The minimum atomic E-state index is -1.15. The molecule has 1 fully saturated rings. The van der Waals surface area contributed by atoms with Crippen molar-refractivity contribution in [3.63, 3.8) is 0 Å². The highest BCUT2D eigenvalue weighted by molar-refractivity contribution is 14.1. The van der Waals surface area contributed by atoms with Crippen molar-refractivity contribution >= 4 is 34.5 Å². The van der Waals surface area contributed by atoms with Gasteiger partial charge < -0.3 is 15.1 Å². The molecular weight excluding hydrogens is 373 g/mol. The van der Waals surface area contributed by atoms with E-state index in [-0.39, 0.29) is 11.3 Å². The largest absolute Gasteiger partial charge is 0.507 e. The van der Waals surface area contributed by atoms with Crippen LogP contribution in [0.2, 0.25) is 0 Å². The fraction of sp³-hybridized carbons (Fsp3) is 0.429. The van der Waals surface area contributed by atoms with Gasteiger partial charge in [0.05, 0.1) is 5.56 Å². The third-order valence-electron chi connectivity index (χ3n) is 3.91. The predicted molar refractivity (Wildman–Crippen MR) is 81.8 cm³/mol. The van der Waals surface area contributed by atoms with Crippen LogP contribution in [0.5, 0.6) is 5.75 Å². The van der Waals surface area contributed by atoms with Gasteiger partial charge in [-0.3, -0.25) is 4.79 Å². The molecular formula is C14H16INO4. The fourth-order valence-electron chi connectivity index (χ4n) is 2.74. The number of carboxylic acid groups (broad SMARTS) is 1. The molecule has 2 N–H and O–H groups in total. The maximum absolute atomic E-state index is 12.6. The number of carbonyl (C=O) groups is 2. The van der Waals surface area contributed by atoms with Crippen LogP contribution in [-0.4, -0.2) is 39.1 Å². The van der Waals surface area contributed by atoms with Crippen LogP contribution in [-0.2, 0) is 4.79 Å². The number of nitrogens with zero attached hydrogens (tertiary/aromatic N) is 1. The smallest absolute Gasteiger partial charge is 0.329 e. The fourth-order valence-corrected chi connectivity index (χ4v) is 3.23. The third-order valence-corrected chi connectivity index (χ3v) is 4.58. The molecule has 20 heavy (non-hydrogen) atoms. The number of likely N-dealkylation sites (tertiary alicyclic amines) is 1. The number of aromatic hydroxyl groups is 1. The van der Waals surface area contributed by atoms with E-state index in [1.807, 2.05) is 0 Å². The number of phenolic OH excluding ortho intramolecular Hbond substituents is 1. The van der Waals surface area contributed by atoms with Gasteiger partial charge in [0.2, 0.25) is 0 Å². The van der Waals surface area contributed by atoms with Crippen molar-refractivity contribution < 1.29 is 19.8 Å². The Morgan fingerprint density at radius 3 is 2.75 bits per heavy atom. The van der Waals surface area contributed by atoms with Crippen molar-refractivity contribution in [2.24, 2.45) is 0 Å². The molecule has 1 aliphatic heterocycles. The zero-order valence-electron chi connectivity index (χ0n) is 11.1. The molecule has 1 heterocycles. The quantitative estimate of drug-likeness (QED) is 0.779. The van der Waals surface area contributed by atoms with Crippen molar-refractivity contribution in [1.29, 1.82) is 0 Å². The van der Waals surface area contributed by atoms with Crippen LogP contribution in [0.4, 0.5) is 0 Å². The molecule has 0 saturated carbocycles. The van der Waals surface area contributed by atoms with Gasteiger partial charge in [-0.2, -0.15) is 0 Å². The molecule has 1 unspecified atom stereocenters. The van der Waals surface area contributed by atoms with Crippen molar-refractivity contribution in [2.75, 3.05) is 6.54 Å². The Bertz CT molecular complexity index is 560. The van der Waals surface area contributed by atoms with Gasteiger partial charge in [0, 0.05) is 10.1 Å². The van der Waals surface area contributed by atoms with Gasteiger partial charge in [0.15, 0.2) is 0 Å². The van der Waals surface area contributed by atoms with Crippen LogP contribution < -0.4 is 0 Å². The van der Waals surface area contributed by atoms with Crippen LogP contribution in [0.1, 0.15) is 36.5 Å². The summed E-state index contributed by atoms with van der Waals surface area (Å²) in [5, 5.41) is 19.3. The van der Waals surface area contributed by atoms with E-state index in [9.17, 15) is 19.8 Å². The summed E-state index contributed by atoms with van der Waals surface area (Å²) < 4.78 is 0.820. The lowest BCUT2D eigenvalue weighted by Gasteiger charge is -2.34. The van der Waals surface area contributed by atoms with Gasteiger partial charge in [0.1, 0.15) is 11.3 Å². The first kappa shape index (κ1) is 15.1. The SMILES string of the molecule is CCC1(C(=O)O)CCCN1C(=O)c1cc(I)ccc1O. The van der Waals surface area contributed by atoms with Crippen molar-refractivity contribution in [3.05, 3.63) is 27.3 Å². The highest BCUT2D eigenvalue weighted by Gasteiger charge is 2.49. The topological polar surface area (TPSA) is 77.8 Å². The van der Waals surface area contributed by atoms with Gasteiger partial charge in [-0.05, 0) is 60.1 Å². The summed E-state index contributed by atoms with van der Waals surface area (Å²) >= 11 is 2.05. The Labute approximate surface area is 130 Å². The van der Waals surface area contributed by atoms with Gasteiger partial charge in [-0.1, -0.05) is 6.92 Å². The number of hydrogen-bond acceptors (Lipinski definition) is 3. The molecule has 0 spiro atoms. The van der Waals surface area contributed by atoms with Crippen molar-refractivity contribution in [1.82, 2.24) is 4.90 Å². The Kier molecular flexibility index (Phi) is 4.22. The average molecular weight is 389 g/mol. The van der Waals surface area contributed by atoms with Crippen LogP contribution in [0.3, 0.4) is 0 Å². The van der Waals surface area contributed by atoms with E-state index in [4.69, 9.17) is 0 Å². The lowest BCUT2D eigenvalue weighted by molar-refractivity contribution is -0.148. The summed E-state index contributed by atoms with van der Waals surface area (Å²) in [5.74, 6) is -1.50. The summed E-state index contributed by atoms with van der Waals surface area (Å²) in [5.41, 5.74) is -0.983. The first-order valence-electron chi connectivity index (χ1n) is 6.46. The maximum atomic E-state index is 12.6. The Morgan fingerprint density at radius 2 is 2.15 bits per heavy atom. The summed E-state index contributed by atoms with van der Waals surface area (Å²) in [7, 11) is 0. The normalized spacial score (nSPS) is 22.0. The molecule has 1 atom stereocenters. The van der Waals surface area contributed by atoms with Crippen LogP contribution in [0.15, 0.2) is 18.2 Å². The monoisotopic (exact) mass is 389 g/mol. The minimum Gasteiger partial charge on any atom is -0.507 e. The van der Waals surface area contributed by atoms with E-state index in [1.165, 1.54) is 11.0 Å². The number of carbonyl (C=O) groups excluding carboxylic acids is 1. The standard InChI is InChI=1S/C14H16INO4/c1-2-14(13(19)20)6-3-7-16(14)12(18)10-8-9(15)4-5-11(10)17/h4-5,8,17H,2-3,6-7H2,1H3,(H,19,20). The third kappa shape index (κ3) is 2.36. The highest BCUT2D eigenvalue weighted by atomic mass is 127. The number of halogens is 1. The number of benzene rings is 1. The van der Waals surface area contributed by atoms with Crippen LogP contribution >= 0.6 is 22.6 Å². The number of carboxylic acids is 1. The molecule has 0 aliphatic carbocycles. The number of rotatable bonds is 3. The molecule has 0 aromatic heterocycles. The predicted octanol–water partition coefficient (Wildman–Crippen LogP) is 2.47. The molecule has 1 aliphatic rings. The molecule has 1 aromatic carbocycles. The lowest BCUT2D eigenvalue weighted by Crippen LogP contribution is -2.52. The molecule has 2 rings (SSSR count). The Balaban J connectivity index is 2.42. The van der Waals surface area contributed by atoms with Crippen LogP contribution in [0.25, 0.3) is 0 Å². The second-order valence-electron chi connectivity index (χ2n) is 4.91. The van der Waals surface area contributed by atoms with Crippen molar-refractivity contribution in [2.45, 2.75) is 31.7 Å². The zero-order chi connectivity index (χ0) is 14.9. The number of hydrogen-bond donors (Lipinski definition) is 2. The molecule has 108 valence electrons. The van der Waals surface area contributed by atoms with Gasteiger partial charge in [-0.25, -0.2) is 4.79 Å². The van der Waals surface area contributed by atoms with Gasteiger partial charge in [0.25, 0.3) is 5.91 Å². The Morgan fingerprint density at radius 1 is 1.45 bits per heavy atom. The molecule has 0 bridgehead atoms. The number of amides is 1. The first-order valence-corrected chi connectivity index (χ1v) is 7.54. The number of aliphatic carboxylic acids is 1. The zero-order valence-corrected chi connectivity index (χ0v) is 13.3. The summed E-state index contributed by atoms with van der Waals surface area (Å²) in [6, 6.07) is 4.74. The van der Waals surface area contributed by atoms with E-state index < -0.39 is 17.4 Å². The second-order valence-corrected chi connectivity index (χ2v) is 6.16. The average Bonchev–Trinajstić information content (AvgIpc) is 2.85. The number of phenols is 1. The van der Waals surface area contributed by atoms with E-state index in [0.29, 0.717) is 25.8 Å². The lowest BCUT2D eigenvalue weighted by atomic mass is 9.92. The van der Waals surface area contributed by atoms with E-state index in [2.05, 4.69) is 22.6 Å². The van der Waals surface area contributed by atoms with Gasteiger partial charge >= 0.3 is 5.97 Å². The Hall–Kier alpha value is -1.31. The minimum absolute atomic E-state index is 0.113. The van der Waals surface area contributed by atoms with E-state index >= 15 is 0 Å². The maximum Gasteiger partial charge on any atom is 0.329 e. The summed E-state index contributed by atoms with van der Waals surface area (Å²) in [6.45, 7) is 2.18. The van der Waals surface area contributed by atoms with Gasteiger partial charge in [-0.15, -0.1) is 0 Å². The molecule has 5 nitrogen and oxygen atoms in total. The molecule has 6 heteroatoms.